The second kappa shape index (κ2) is 11.0. The molecule has 0 aliphatic rings. The number of likely N-dealkylation sites (N-methyl/N-ethyl adjacent to an activating group) is 1. The molecule has 0 bridgehead atoms. The minimum Gasteiger partial charge on any atom is -0.488 e. The Balaban J connectivity index is 2.02. The van der Waals surface area contributed by atoms with E-state index in [1.807, 2.05) is 66.7 Å². The van der Waals surface area contributed by atoms with Crippen LogP contribution in [0.1, 0.15) is 38.3 Å². The van der Waals surface area contributed by atoms with E-state index in [1.165, 1.54) is 7.05 Å². The van der Waals surface area contributed by atoms with Crippen LogP contribution in [0, 0.1) is 0 Å². The van der Waals surface area contributed by atoms with Crippen LogP contribution in [0.2, 0.25) is 0 Å². The molecule has 0 unspecified atom stereocenters. The summed E-state index contributed by atoms with van der Waals surface area (Å²) in [6.07, 6.45) is 3.40. The van der Waals surface area contributed by atoms with E-state index < -0.39 is 17.7 Å². The average Bonchev–Trinajstić information content (AvgIpc) is 2.71. The topological polar surface area (TPSA) is 76.7 Å². The van der Waals surface area contributed by atoms with Crippen LogP contribution in [0.3, 0.4) is 0 Å². The number of ether oxygens (including phenoxy) is 2. The van der Waals surface area contributed by atoms with Gasteiger partial charge in [0, 0.05) is 12.6 Å². The largest absolute Gasteiger partial charge is 0.488 e. The number of benzene rings is 2. The van der Waals surface area contributed by atoms with Gasteiger partial charge in [-0.3, -0.25) is 4.79 Å². The summed E-state index contributed by atoms with van der Waals surface area (Å²) < 4.78 is 11.2. The Labute approximate surface area is 178 Å². The molecule has 6 nitrogen and oxygen atoms in total. The van der Waals surface area contributed by atoms with E-state index in [0.29, 0.717) is 13.0 Å². The number of hydrogen-bond acceptors (Lipinski definition) is 4. The van der Waals surface area contributed by atoms with Crippen molar-refractivity contribution >= 4 is 18.1 Å². The molecule has 0 saturated heterocycles. The van der Waals surface area contributed by atoms with Gasteiger partial charge < -0.3 is 20.1 Å². The predicted molar refractivity (Wildman–Crippen MR) is 118 cm³/mol. The summed E-state index contributed by atoms with van der Waals surface area (Å²) in [5.41, 5.74) is 1.33. The maximum Gasteiger partial charge on any atom is 0.408 e. The first-order valence-electron chi connectivity index (χ1n) is 9.92. The van der Waals surface area contributed by atoms with Crippen LogP contribution in [0.25, 0.3) is 6.08 Å². The second-order valence-corrected chi connectivity index (χ2v) is 7.76. The molecule has 0 saturated carbocycles. The molecule has 0 spiro atoms. The summed E-state index contributed by atoms with van der Waals surface area (Å²) in [7, 11) is 1.53. The average molecular weight is 411 g/mol. The van der Waals surface area contributed by atoms with Gasteiger partial charge in [0.15, 0.2) is 0 Å². The third-order valence-electron chi connectivity index (χ3n) is 4.08. The molecule has 0 aliphatic carbocycles. The number of rotatable bonds is 8. The van der Waals surface area contributed by atoms with Gasteiger partial charge in [-0.05, 0) is 38.8 Å². The van der Waals surface area contributed by atoms with Crippen LogP contribution < -0.4 is 15.4 Å². The lowest BCUT2D eigenvalue weighted by Gasteiger charge is -2.22. The van der Waals surface area contributed by atoms with Gasteiger partial charge >= 0.3 is 6.09 Å². The third kappa shape index (κ3) is 7.99. The van der Waals surface area contributed by atoms with E-state index in [4.69, 9.17) is 9.47 Å². The highest BCUT2D eigenvalue weighted by Crippen LogP contribution is 2.21. The molecule has 30 heavy (non-hydrogen) atoms. The Morgan fingerprint density at radius 1 is 1.03 bits per heavy atom. The van der Waals surface area contributed by atoms with Crippen molar-refractivity contribution < 1.29 is 19.1 Å². The number of carbonyl (C=O) groups is 2. The van der Waals surface area contributed by atoms with Crippen molar-refractivity contribution in [1.29, 1.82) is 0 Å². The molecule has 0 aliphatic heterocycles. The van der Waals surface area contributed by atoms with Crippen LogP contribution in [0.5, 0.6) is 5.75 Å². The van der Waals surface area contributed by atoms with Crippen molar-refractivity contribution in [3.63, 3.8) is 0 Å². The molecule has 2 aromatic rings. The van der Waals surface area contributed by atoms with Crippen LogP contribution in [-0.2, 0) is 16.1 Å². The number of carbonyl (C=O) groups excluding carboxylic acids is 2. The van der Waals surface area contributed by atoms with E-state index in [2.05, 4.69) is 10.6 Å². The lowest BCUT2D eigenvalue weighted by Crippen LogP contribution is -2.47. The van der Waals surface area contributed by atoms with E-state index in [0.717, 1.165) is 16.9 Å². The summed E-state index contributed by atoms with van der Waals surface area (Å²) in [5.74, 6) is 0.452. The van der Waals surface area contributed by atoms with Crippen LogP contribution >= 0.6 is 0 Å². The molecule has 0 heterocycles. The van der Waals surface area contributed by atoms with Crippen LogP contribution in [-0.4, -0.2) is 30.7 Å². The van der Waals surface area contributed by atoms with Gasteiger partial charge in [-0.25, -0.2) is 4.79 Å². The van der Waals surface area contributed by atoms with E-state index >= 15 is 0 Å². The zero-order chi connectivity index (χ0) is 22.0. The Morgan fingerprint density at radius 2 is 1.70 bits per heavy atom. The van der Waals surface area contributed by atoms with Crippen molar-refractivity contribution in [2.24, 2.45) is 0 Å². The first-order chi connectivity index (χ1) is 14.3. The Hall–Kier alpha value is -3.28. The third-order valence-corrected chi connectivity index (χ3v) is 4.08. The maximum absolute atomic E-state index is 12.1. The van der Waals surface area contributed by atoms with Gasteiger partial charge in [0.2, 0.25) is 5.91 Å². The molecular formula is C24H30N2O4. The molecule has 2 N–H and O–H groups in total. The quantitative estimate of drug-likeness (QED) is 0.680. The van der Waals surface area contributed by atoms with Gasteiger partial charge in [-0.15, -0.1) is 0 Å². The molecule has 1 atom stereocenters. The normalized spacial score (nSPS) is 12.3. The van der Waals surface area contributed by atoms with Crippen molar-refractivity contribution in [2.75, 3.05) is 7.05 Å². The smallest absolute Gasteiger partial charge is 0.408 e. The predicted octanol–water partition coefficient (Wildman–Crippen LogP) is 4.31. The fraction of sp³-hybridized carbons (Fsp3) is 0.333. The van der Waals surface area contributed by atoms with Crippen molar-refractivity contribution in [3.8, 4) is 5.75 Å². The lowest BCUT2D eigenvalue weighted by molar-refractivity contribution is -0.122. The first-order valence-corrected chi connectivity index (χ1v) is 9.92. The van der Waals surface area contributed by atoms with Gasteiger partial charge in [-0.1, -0.05) is 60.7 Å². The molecule has 0 radical (unpaired) electrons. The fourth-order valence-electron chi connectivity index (χ4n) is 2.67. The SMILES string of the molecule is CNC(=O)[C@H](C/C=C\c1ccccc1OCc1ccccc1)NC(=O)OC(C)(C)C. The first kappa shape index (κ1) is 23.0. The number of amides is 2. The molecule has 0 fully saturated rings. The van der Waals surface area contributed by atoms with E-state index in [9.17, 15) is 9.59 Å². The van der Waals surface area contributed by atoms with E-state index in [1.54, 1.807) is 20.8 Å². The molecule has 0 aromatic heterocycles. The van der Waals surface area contributed by atoms with Gasteiger partial charge in [0.25, 0.3) is 0 Å². The summed E-state index contributed by atoms with van der Waals surface area (Å²) in [6, 6.07) is 16.9. The molecule has 2 aromatic carbocycles. The number of nitrogens with one attached hydrogen (secondary N) is 2. The monoisotopic (exact) mass is 410 g/mol. The van der Waals surface area contributed by atoms with Gasteiger partial charge in [0.05, 0.1) is 0 Å². The zero-order valence-corrected chi connectivity index (χ0v) is 18.0. The Kier molecular flexibility index (Phi) is 8.47. The van der Waals surface area contributed by atoms with E-state index in [-0.39, 0.29) is 5.91 Å². The van der Waals surface area contributed by atoms with Crippen molar-refractivity contribution in [3.05, 3.63) is 71.8 Å². The number of para-hydroxylation sites is 1. The van der Waals surface area contributed by atoms with Crippen molar-refractivity contribution in [1.82, 2.24) is 10.6 Å². The molecule has 2 amide bonds. The molecule has 2 rings (SSSR count). The van der Waals surface area contributed by atoms with Crippen LogP contribution in [0.4, 0.5) is 4.79 Å². The minimum absolute atomic E-state index is 0.292. The number of alkyl carbamates (subject to hydrolysis) is 1. The second-order valence-electron chi connectivity index (χ2n) is 7.76. The summed E-state index contributed by atoms with van der Waals surface area (Å²) in [5, 5.41) is 5.18. The Morgan fingerprint density at radius 3 is 2.37 bits per heavy atom. The highest BCUT2D eigenvalue weighted by atomic mass is 16.6. The lowest BCUT2D eigenvalue weighted by atomic mass is 10.1. The number of hydrogen-bond donors (Lipinski definition) is 2. The van der Waals surface area contributed by atoms with Crippen LogP contribution in [0.15, 0.2) is 60.7 Å². The van der Waals surface area contributed by atoms with Gasteiger partial charge in [0.1, 0.15) is 24.0 Å². The zero-order valence-electron chi connectivity index (χ0n) is 18.0. The molecular weight excluding hydrogens is 380 g/mol. The standard InChI is InChI=1S/C24H30N2O4/c1-24(2,3)30-23(28)26-20(22(27)25-4)15-10-14-19-13-8-9-16-21(19)29-17-18-11-6-5-7-12-18/h5-14,16,20H,15,17H2,1-4H3,(H,25,27)(H,26,28)/b14-10-/t20-/m0/s1. The molecule has 6 heteroatoms. The summed E-state index contributed by atoms with van der Waals surface area (Å²) in [4.78, 5) is 24.2. The van der Waals surface area contributed by atoms with Gasteiger partial charge in [-0.2, -0.15) is 0 Å². The highest BCUT2D eigenvalue weighted by molar-refractivity contribution is 5.85. The Bertz CT molecular complexity index is 857. The highest BCUT2D eigenvalue weighted by Gasteiger charge is 2.22. The summed E-state index contributed by atoms with van der Waals surface area (Å²) in [6.45, 7) is 5.78. The van der Waals surface area contributed by atoms with Crippen molar-refractivity contribution in [2.45, 2.75) is 45.4 Å². The fourth-order valence-corrected chi connectivity index (χ4v) is 2.67. The summed E-state index contributed by atoms with van der Waals surface area (Å²) >= 11 is 0. The molecule has 160 valence electrons. The maximum atomic E-state index is 12.1. The minimum atomic E-state index is -0.738.